The normalized spacial score (nSPS) is 10.2. The number of unbranched alkanes of at least 4 members (excludes halogenated alkanes) is 2. The number of allylic oxidation sites excluding steroid dienone is 2. The van der Waals surface area contributed by atoms with Gasteiger partial charge in [0.25, 0.3) is 0 Å². The molecular formula is C11H18O2. The minimum Gasteiger partial charge on any atom is -0.463 e. The number of carbonyl (C=O) groups is 1. The lowest BCUT2D eigenvalue weighted by molar-refractivity contribution is -0.137. The molecule has 0 amide bonds. The third-order valence-corrected chi connectivity index (χ3v) is 1.58. The molecule has 0 aliphatic heterocycles. The van der Waals surface area contributed by atoms with Crippen LogP contribution in [0.15, 0.2) is 24.8 Å². The van der Waals surface area contributed by atoms with Crippen molar-refractivity contribution in [3.8, 4) is 0 Å². The highest BCUT2D eigenvalue weighted by Crippen LogP contribution is 1.98. The lowest BCUT2D eigenvalue weighted by atomic mass is 10.2. The fourth-order valence-electron chi connectivity index (χ4n) is 0.880. The highest BCUT2D eigenvalue weighted by molar-refractivity contribution is 5.81. The van der Waals surface area contributed by atoms with E-state index in [1.807, 2.05) is 0 Å². The molecule has 0 bridgehead atoms. The molecule has 0 saturated heterocycles. The van der Waals surface area contributed by atoms with E-state index in [4.69, 9.17) is 4.74 Å². The zero-order valence-corrected chi connectivity index (χ0v) is 8.29. The van der Waals surface area contributed by atoms with Gasteiger partial charge in [-0.05, 0) is 25.7 Å². The van der Waals surface area contributed by atoms with Gasteiger partial charge in [-0.1, -0.05) is 25.7 Å². The predicted molar refractivity (Wildman–Crippen MR) is 54.4 cm³/mol. The van der Waals surface area contributed by atoms with Gasteiger partial charge < -0.3 is 4.74 Å². The Morgan fingerprint density at radius 1 is 1.38 bits per heavy atom. The Hall–Kier alpha value is -1.05. The van der Waals surface area contributed by atoms with Crippen molar-refractivity contribution < 1.29 is 9.53 Å². The third-order valence-electron chi connectivity index (χ3n) is 1.58. The van der Waals surface area contributed by atoms with Gasteiger partial charge in [-0.3, -0.25) is 0 Å². The molecule has 0 spiro atoms. The van der Waals surface area contributed by atoms with E-state index in [1.54, 1.807) is 0 Å². The van der Waals surface area contributed by atoms with Crippen molar-refractivity contribution in [1.82, 2.24) is 0 Å². The Kier molecular flexibility index (Phi) is 8.31. The van der Waals surface area contributed by atoms with Crippen LogP contribution in [-0.4, -0.2) is 12.6 Å². The lowest BCUT2D eigenvalue weighted by Crippen LogP contribution is -2.01. The summed E-state index contributed by atoms with van der Waals surface area (Å²) in [5, 5.41) is 0. The molecule has 0 aliphatic carbocycles. The van der Waals surface area contributed by atoms with Crippen LogP contribution in [0.1, 0.15) is 32.6 Å². The first-order chi connectivity index (χ1) is 6.31. The molecule has 0 atom stereocenters. The Morgan fingerprint density at radius 3 is 2.77 bits per heavy atom. The van der Waals surface area contributed by atoms with Gasteiger partial charge in [-0.15, -0.1) is 0 Å². The van der Waals surface area contributed by atoms with Gasteiger partial charge in [-0.25, -0.2) is 4.79 Å². The largest absolute Gasteiger partial charge is 0.463 e. The van der Waals surface area contributed by atoms with Crippen LogP contribution < -0.4 is 0 Å². The maximum atomic E-state index is 10.6. The van der Waals surface area contributed by atoms with Gasteiger partial charge in [0.05, 0.1) is 6.61 Å². The van der Waals surface area contributed by atoms with E-state index < -0.39 is 0 Å². The van der Waals surface area contributed by atoms with E-state index in [0.717, 1.165) is 25.7 Å². The summed E-state index contributed by atoms with van der Waals surface area (Å²) in [6.45, 7) is 5.93. The van der Waals surface area contributed by atoms with E-state index >= 15 is 0 Å². The molecule has 0 aliphatic rings. The molecule has 0 saturated carbocycles. The van der Waals surface area contributed by atoms with E-state index in [-0.39, 0.29) is 5.97 Å². The van der Waals surface area contributed by atoms with Gasteiger partial charge in [0.2, 0.25) is 0 Å². The summed E-state index contributed by atoms with van der Waals surface area (Å²) >= 11 is 0. The zero-order valence-electron chi connectivity index (χ0n) is 8.29. The first-order valence-electron chi connectivity index (χ1n) is 4.75. The summed E-state index contributed by atoms with van der Waals surface area (Å²) in [5.41, 5.74) is 0. The van der Waals surface area contributed by atoms with Crippen LogP contribution in [0.5, 0.6) is 0 Å². The molecule has 74 valence electrons. The summed E-state index contributed by atoms with van der Waals surface area (Å²) in [6.07, 6.45) is 9.65. The van der Waals surface area contributed by atoms with E-state index in [0.29, 0.717) is 6.61 Å². The van der Waals surface area contributed by atoms with E-state index in [1.165, 1.54) is 6.08 Å². The van der Waals surface area contributed by atoms with Crippen LogP contribution in [0, 0.1) is 0 Å². The fraction of sp³-hybridized carbons (Fsp3) is 0.545. The average molecular weight is 182 g/mol. The van der Waals surface area contributed by atoms with Crippen molar-refractivity contribution in [3.63, 3.8) is 0 Å². The van der Waals surface area contributed by atoms with Crippen molar-refractivity contribution in [1.29, 1.82) is 0 Å². The molecule has 0 aromatic carbocycles. The van der Waals surface area contributed by atoms with Crippen LogP contribution >= 0.6 is 0 Å². The van der Waals surface area contributed by atoms with E-state index in [9.17, 15) is 4.79 Å². The monoisotopic (exact) mass is 182 g/mol. The van der Waals surface area contributed by atoms with Crippen LogP contribution in [-0.2, 0) is 9.53 Å². The van der Waals surface area contributed by atoms with Gasteiger partial charge in [0.1, 0.15) is 0 Å². The molecule has 0 unspecified atom stereocenters. The van der Waals surface area contributed by atoms with Crippen molar-refractivity contribution in [2.45, 2.75) is 32.6 Å². The third kappa shape index (κ3) is 8.86. The van der Waals surface area contributed by atoms with Crippen molar-refractivity contribution in [3.05, 3.63) is 24.8 Å². The number of ether oxygens (including phenoxy) is 1. The molecule has 2 heteroatoms. The standard InChI is InChI=1S/C11H18O2/c1-3-5-6-7-8-9-10-13-11(12)4-2/h4-6H,2-3,7-10H2,1H3/b6-5-. The Labute approximate surface area is 80.3 Å². The molecule has 0 heterocycles. The van der Waals surface area contributed by atoms with Gasteiger partial charge in [0.15, 0.2) is 0 Å². The second kappa shape index (κ2) is 9.04. The molecular weight excluding hydrogens is 164 g/mol. The van der Waals surface area contributed by atoms with Crippen molar-refractivity contribution >= 4 is 5.97 Å². The summed E-state index contributed by atoms with van der Waals surface area (Å²) in [7, 11) is 0. The highest BCUT2D eigenvalue weighted by Gasteiger charge is 1.93. The van der Waals surface area contributed by atoms with Crippen LogP contribution in [0.4, 0.5) is 0 Å². The van der Waals surface area contributed by atoms with Crippen molar-refractivity contribution in [2.24, 2.45) is 0 Å². The molecule has 0 N–H and O–H groups in total. The molecule has 0 aromatic rings. The zero-order chi connectivity index (χ0) is 9.94. The smallest absolute Gasteiger partial charge is 0.330 e. The van der Waals surface area contributed by atoms with E-state index in [2.05, 4.69) is 25.7 Å². The molecule has 2 nitrogen and oxygen atoms in total. The quantitative estimate of drug-likeness (QED) is 0.262. The minimum atomic E-state index is -0.330. The second-order valence-corrected chi connectivity index (χ2v) is 2.75. The van der Waals surface area contributed by atoms with Gasteiger partial charge in [0, 0.05) is 6.08 Å². The molecule has 0 aromatic heterocycles. The first kappa shape index (κ1) is 11.9. The molecule has 13 heavy (non-hydrogen) atoms. The maximum absolute atomic E-state index is 10.6. The summed E-state index contributed by atoms with van der Waals surface area (Å²) in [6, 6.07) is 0. The first-order valence-corrected chi connectivity index (χ1v) is 4.75. The number of esters is 1. The van der Waals surface area contributed by atoms with Crippen LogP contribution in [0.3, 0.4) is 0 Å². The lowest BCUT2D eigenvalue weighted by Gasteiger charge is -1.99. The number of hydrogen-bond donors (Lipinski definition) is 0. The van der Waals surface area contributed by atoms with Crippen molar-refractivity contribution in [2.75, 3.05) is 6.61 Å². The van der Waals surface area contributed by atoms with Gasteiger partial charge in [-0.2, -0.15) is 0 Å². The highest BCUT2D eigenvalue weighted by atomic mass is 16.5. The fourth-order valence-corrected chi connectivity index (χ4v) is 0.880. The number of carbonyl (C=O) groups excluding carboxylic acids is 1. The summed E-state index contributed by atoms with van der Waals surface area (Å²) < 4.78 is 4.82. The Bertz CT molecular complexity index is 171. The second-order valence-electron chi connectivity index (χ2n) is 2.75. The van der Waals surface area contributed by atoms with Gasteiger partial charge >= 0.3 is 5.97 Å². The summed E-state index contributed by atoms with van der Waals surface area (Å²) in [4.78, 5) is 10.6. The number of hydrogen-bond acceptors (Lipinski definition) is 2. The Morgan fingerprint density at radius 2 is 2.15 bits per heavy atom. The predicted octanol–water partition coefficient (Wildman–Crippen LogP) is 2.85. The maximum Gasteiger partial charge on any atom is 0.330 e. The van der Waals surface area contributed by atoms with Crippen LogP contribution in [0.25, 0.3) is 0 Å². The SMILES string of the molecule is C=CC(=O)OCCCC/C=C\CC. The molecule has 0 radical (unpaired) electrons. The average Bonchev–Trinajstić information content (AvgIpc) is 2.16. The number of rotatable bonds is 7. The Balaban J connectivity index is 3.12. The topological polar surface area (TPSA) is 26.3 Å². The minimum absolute atomic E-state index is 0.330. The molecule has 0 rings (SSSR count). The van der Waals surface area contributed by atoms with Crippen LogP contribution in [0.2, 0.25) is 0 Å². The summed E-state index contributed by atoms with van der Waals surface area (Å²) in [5.74, 6) is -0.330. The molecule has 0 fully saturated rings.